The summed E-state index contributed by atoms with van der Waals surface area (Å²) in [4.78, 5) is 16.7. The number of halogens is 1. The molecular formula is C13H13BrN2O2. The van der Waals surface area contributed by atoms with Gasteiger partial charge in [0.25, 0.3) is 5.91 Å². The smallest absolute Gasteiger partial charge is 0.253 e. The first kappa shape index (κ1) is 11.9. The summed E-state index contributed by atoms with van der Waals surface area (Å²) in [7, 11) is 0. The van der Waals surface area contributed by atoms with Crippen LogP contribution in [0.1, 0.15) is 18.4 Å². The summed E-state index contributed by atoms with van der Waals surface area (Å²) in [5.74, 6) is 0.679. The highest BCUT2D eigenvalue weighted by atomic mass is 79.9. The van der Waals surface area contributed by atoms with Crippen LogP contribution >= 0.6 is 15.9 Å². The fourth-order valence-corrected chi connectivity index (χ4v) is 2.57. The van der Waals surface area contributed by atoms with Crippen LogP contribution in [0.5, 0.6) is 0 Å². The highest BCUT2D eigenvalue weighted by molar-refractivity contribution is 9.10. The summed E-state index contributed by atoms with van der Waals surface area (Å²) < 4.78 is 6.32. The molecule has 2 heterocycles. The predicted molar refractivity (Wildman–Crippen MR) is 71.6 cm³/mol. The number of benzene rings is 1. The summed E-state index contributed by atoms with van der Waals surface area (Å²) >= 11 is 3.39. The molecule has 0 saturated carbocycles. The molecule has 1 amide bonds. The van der Waals surface area contributed by atoms with Gasteiger partial charge in [0.1, 0.15) is 11.4 Å². The van der Waals surface area contributed by atoms with Crippen molar-refractivity contribution in [1.82, 2.24) is 5.32 Å². The minimum Gasteiger partial charge on any atom is -0.381 e. The van der Waals surface area contributed by atoms with Gasteiger partial charge in [-0.25, -0.2) is 0 Å². The number of hydrogen-bond acceptors (Lipinski definition) is 3. The number of ether oxygens (including phenoxy) is 1. The normalized spacial score (nSPS) is 21.8. The molecule has 94 valence electrons. The van der Waals surface area contributed by atoms with E-state index in [-0.39, 0.29) is 5.91 Å². The lowest BCUT2D eigenvalue weighted by Crippen LogP contribution is -2.43. The van der Waals surface area contributed by atoms with Crippen molar-refractivity contribution in [3.63, 3.8) is 0 Å². The van der Waals surface area contributed by atoms with E-state index in [1.165, 1.54) is 0 Å². The number of carbonyl (C=O) groups is 1. The van der Waals surface area contributed by atoms with E-state index in [1.807, 2.05) is 24.3 Å². The molecule has 0 atom stereocenters. The number of amidine groups is 1. The predicted octanol–water partition coefficient (Wildman–Crippen LogP) is 1.87. The van der Waals surface area contributed by atoms with E-state index in [0.717, 1.165) is 10.0 Å². The molecule has 0 bridgehead atoms. The van der Waals surface area contributed by atoms with Gasteiger partial charge in [0.05, 0.1) is 0 Å². The Morgan fingerprint density at radius 3 is 2.56 bits per heavy atom. The Morgan fingerprint density at radius 1 is 1.22 bits per heavy atom. The molecule has 4 nitrogen and oxygen atoms in total. The molecule has 2 aliphatic rings. The van der Waals surface area contributed by atoms with Crippen molar-refractivity contribution in [2.45, 2.75) is 18.4 Å². The third-order valence-electron chi connectivity index (χ3n) is 3.42. The fourth-order valence-electron chi connectivity index (χ4n) is 2.31. The van der Waals surface area contributed by atoms with Gasteiger partial charge in [0, 0.05) is 36.1 Å². The van der Waals surface area contributed by atoms with Crippen molar-refractivity contribution in [2.24, 2.45) is 4.99 Å². The Kier molecular flexibility index (Phi) is 2.95. The van der Waals surface area contributed by atoms with Crippen molar-refractivity contribution in [1.29, 1.82) is 0 Å². The summed E-state index contributed by atoms with van der Waals surface area (Å²) in [5.41, 5.74) is 0.343. The Labute approximate surface area is 114 Å². The zero-order valence-corrected chi connectivity index (χ0v) is 11.4. The van der Waals surface area contributed by atoms with E-state index in [4.69, 9.17) is 4.74 Å². The van der Waals surface area contributed by atoms with Gasteiger partial charge < -0.3 is 10.1 Å². The van der Waals surface area contributed by atoms with Crippen LogP contribution in [-0.2, 0) is 9.53 Å². The van der Waals surface area contributed by atoms with Crippen molar-refractivity contribution < 1.29 is 9.53 Å². The van der Waals surface area contributed by atoms with E-state index in [1.54, 1.807) is 0 Å². The van der Waals surface area contributed by atoms with Gasteiger partial charge in [-0.2, -0.15) is 0 Å². The Hall–Kier alpha value is -1.20. The molecule has 5 heteroatoms. The van der Waals surface area contributed by atoms with Crippen molar-refractivity contribution >= 4 is 27.7 Å². The maximum Gasteiger partial charge on any atom is 0.253 e. The molecule has 1 aromatic rings. The maximum absolute atomic E-state index is 12.1. The first-order valence-electron chi connectivity index (χ1n) is 5.95. The second-order valence-corrected chi connectivity index (χ2v) is 5.48. The molecule has 0 aliphatic carbocycles. The summed E-state index contributed by atoms with van der Waals surface area (Å²) in [6, 6.07) is 7.78. The molecule has 1 fully saturated rings. The molecule has 1 N–H and O–H groups in total. The number of aliphatic imine (C=N–C) groups is 1. The molecule has 1 spiro atoms. The molecule has 1 aromatic carbocycles. The Balaban J connectivity index is 1.92. The van der Waals surface area contributed by atoms with Crippen molar-refractivity contribution in [3.05, 3.63) is 34.3 Å². The van der Waals surface area contributed by atoms with Gasteiger partial charge in [0.15, 0.2) is 0 Å². The SMILES string of the molecule is O=C1NC(c2ccc(Br)cc2)=NC12CCOCC2. The lowest BCUT2D eigenvalue weighted by atomic mass is 9.91. The molecule has 0 radical (unpaired) electrons. The van der Waals surface area contributed by atoms with Gasteiger partial charge in [-0.05, 0) is 12.1 Å². The van der Waals surface area contributed by atoms with Crippen molar-refractivity contribution in [2.75, 3.05) is 13.2 Å². The summed E-state index contributed by atoms with van der Waals surface area (Å²) in [6.45, 7) is 1.20. The second-order valence-electron chi connectivity index (χ2n) is 4.57. The standard InChI is InChI=1S/C13H13BrN2O2/c14-10-3-1-9(2-4-10)11-15-12(17)13(16-11)5-7-18-8-6-13/h1-4H,5-8H2,(H,15,16,17). The summed E-state index contributed by atoms with van der Waals surface area (Å²) in [5, 5.41) is 2.89. The van der Waals surface area contributed by atoms with Gasteiger partial charge in [-0.1, -0.05) is 28.1 Å². The minimum atomic E-state index is -0.597. The lowest BCUT2D eigenvalue weighted by Gasteiger charge is -2.27. The third kappa shape index (κ3) is 1.97. The highest BCUT2D eigenvalue weighted by Gasteiger charge is 2.44. The van der Waals surface area contributed by atoms with Crippen LogP contribution in [0.15, 0.2) is 33.7 Å². The molecule has 18 heavy (non-hydrogen) atoms. The van der Waals surface area contributed by atoms with Crippen LogP contribution in [0.25, 0.3) is 0 Å². The van der Waals surface area contributed by atoms with Gasteiger partial charge in [-0.15, -0.1) is 0 Å². The molecule has 1 saturated heterocycles. The Bertz CT molecular complexity index is 504. The van der Waals surface area contributed by atoms with E-state index >= 15 is 0 Å². The van der Waals surface area contributed by atoms with E-state index in [9.17, 15) is 4.79 Å². The van der Waals surface area contributed by atoms with Crippen LogP contribution < -0.4 is 5.32 Å². The maximum atomic E-state index is 12.1. The second kappa shape index (κ2) is 4.48. The number of nitrogens with one attached hydrogen (secondary N) is 1. The number of rotatable bonds is 1. The fraction of sp³-hybridized carbons (Fsp3) is 0.385. The number of carbonyl (C=O) groups excluding carboxylic acids is 1. The third-order valence-corrected chi connectivity index (χ3v) is 3.95. The average Bonchev–Trinajstić information content (AvgIpc) is 2.69. The molecule has 0 unspecified atom stereocenters. The minimum absolute atomic E-state index is 0.00344. The van der Waals surface area contributed by atoms with E-state index in [2.05, 4.69) is 26.2 Å². The monoisotopic (exact) mass is 308 g/mol. The highest BCUT2D eigenvalue weighted by Crippen LogP contribution is 2.30. The zero-order chi connectivity index (χ0) is 12.6. The summed E-state index contributed by atoms with van der Waals surface area (Å²) in [6.07, 6.45) is 1.33. The first-order chi connectivity index (χ1) is 8.70. The zero-order valence-electron chi connectivity index (χ0n) is 9.78. The largest absolute Gasteiger partial charge is 0.381 e. The lowest BCUT2D eigenvalue weighted by molar-refractivity contribution is -0.126. The molecular weight excluding hydrogens is 296 g/mol. The number of hydrogen-bond donors (Lipinski definition) is 1. The molecule has 3 rings (SSSR count). The molecule has 2 aliphatic heterocycles. The van der Waals surface area contributed by atoms with Crippen LogP contribution in [-0.4, -0.2) is 30.5 Å². The van der Waals surface area contributed by atoms with Crippen LogP contribution in [0.3, 0.4) is 0 Å². The van der Waals surface area contributed by atoms with E-state index in [0.29, 0.717) is 31.9 Å². The van der Waals surface area contributed by atoms with E-state index < -0.39 is 5.54 Å². The van der Waals surface area contributed by atoms with Crippen LogP contribution in [0, 0.1) is 0 Å². The van der Waals surface area contributed by atoms with Crippen molar-refractivity contribution in [3.8, 4) is 0 Å². The number of amides is 1. The van der Waals surface area contributed by atoms with Gasteiger partial charge in [0.2, 0.25) is 0 Å². The van der Waals surface area contributed by atoms with Gasteiger partial charge >= 0.3 is 0 Å². The quantitative estimate of drug-likeness (QED) is 0.861. The Morgan fingerprint density at radius 2 is 1.89 bits per heavy atom. The van der Waals surface area contributed by atoms with Crippen LogP contribution in [0.2, 0.25) is 0 Å². The molecule has 0 aromatic heterocycles. The van der Waals surface area contributed by atoms with Crippen LogP contribution in [0.4, 0.5) is 0 Å². The first-order valence-corrected chi connectivity index (χ1v) is 6.74. The topological polar surface area (TPSA) is 50.7 Å². The van der Waals surface area contributed by atoms with Gasteiger partial charge in [-0.3, -0.25) is 9.79 Å². The number of nitrogens with zero attached hydrogens (tertiary/aromatic N) is 1. The average molecular weight is 309 g/mol.